The molecule has 3 atom stereocenters. The lowest BCUT2D eigenvalue weighted by atomic mass is 9.74. The average molecular weight is 339 g/mol. The van der Waals surface area contributed by atoms with Crippen molar-refractivity contribution >= 4 is 27.6 Å². The second-order valence-electron chi connectivity index (χ2n) is 5.54. The summed E-state index contributed by atoms with van der Waals surface area (Å²) in [5.41, 5.74) is 2.21. The maximum absolute atomic E-state index is 12.3. The summed E-state index contributed by atoms with van der Waals surface area (Å²) in [4.78, 5) is 14.6. The van der Waals surface area contributed by atoms with Crippen LogP contribution in [-0.4, -0.2) is 39.3 Å². The van der Waals surface area contributed by atoms with E-state index < -0.39 is 0 Å². The minimum absolute atomic E-state index is 0.125. The molecule has 0 aliphatic carbocycles. The van der Waals surface area contributed by atoms with E-state index in [9.17, 15) is 4.79 Å². The van der Waals surface area contributed by atoms with Gasteiger partial charge in [0.25, 0.3) is 0 Å². The van der Waals surface area contributed by atoms with Crippen molar-refractivity contribution in [1.82, 2.24) is 5.32 Å². The molecule has 1 aromatic rings. The largest absolute Gasteiger partial charge is 0.469 e. The molecule has 0 radical (unpaired) electrons. The summed E-state index contributed by atoms with van der Waals surface area (Å²) >= 11 is 3.52. The molecule has 0 spiro atoms. The van der Waals surface area contributed by atoms with Gasteiger partial charge in [-0.25, -0.2) is 0 Å². The molecule has 0 bridgehead atoms. The first-order valence-electron chi connectivity index (χ1n) is 6.94. The Labute approximate surface area is 127 Å². The van der Waals surface area contributed by atoms with E-state index >= 15 is 0 Å². The Morgan fingerprint density at radius 3 is 3.05 bits per heavy atom. The van der Waals surface area contributed by atoms with Crippen molar-refractivity contribution in [2.45, 2.75) is 18.4 Å². The molecular formula is C15H19BrN2O2. The summed E-state index contributed by atoms with van der Waals surface area (Å²) in [5.74, 6) is -0.0210. The van der Waals surface area contributed by atoms with Crippen molar-refractivity contribution in [3.63, 3.8) is 0 Å². The Morgan fingerprint density at radius 2 is 2.30 bits per heavy atom. The maximum Gasteiger partial charge on any atom is 0.313 e. The van der Waals surface area contributed by atoms with Gasteiger partial charge in [0.1, 0.15) is 0 Å². The summed E-state index contributed by atoms with van der Waals surface area (Å²) < 4.78 is 6.10. The number of methoxy groups -OCH3 is 1. The van der Waals surface area contributed by atoms with Crippen LogP contribution in [0.1, 0.15) is 17.9 Å². The Kier molecular flexibility index (Phi) is 3.73. The SMILES string of the molecule is COC(=O)C1c2ccc(Br)cc2N(C)C2CCNCC12. The molecule has 5 heteroatoms. The molecule has 2 aliphatic rings. The molecule has 0 saturated carbocycles. The number of halogens is 1. The van der Waals surface area contributed by atoms with Crippen molar-refractivity contribution in [1.29, 1.82) is 0 Å². The van der Waals surface area contributed by atoms with Crippen molar-refractivity contribution in [2.24, 2.45) is 5.92 Å². The molecule has 108 valence electrons. The lowest BCUT2D eigenvalue weighted by molar-refractivity contribution is -0.144. The zero-order valence-corrected chi connectivity index (χ0v) is 13.3. The molecule has 1 saturated heterocycles. The fourth-order valence-electron chi connectivity index (χ4n) is 3.61. The zero-order chi connectivity index (χ0) is 14.3. The molecule has 1 aromatic carbocycles. The predicted octanol–water partition coefficient (Wildman–Crippen LogP) is 2.13. The van der Waals surface area contributed by atoms with Crippen LogP contribution < -0.4 is 10.2 Å². The normalized spacial score (nSPS) is 28.6. The number of hydrogen-bond acceptors (Lipinski definition) is 4. The van der Waals surface area contributed by atoms with Gasteiger partial charge < -0.3 is 15.0 Å². The molecule has 1 fully saturated rings. The van der Waals surface area contributed by atoms with Crippen LogP contribution in [0, 0.1) is 5.92 Å². The Balaban J connectivity index is 2.11. The van der Waals surface area contributed by atoms with E-state index in [1.807, 2.05) is 12.1 Å². The van der Waals surface area contributed by atoms with E-state index in [-0.39, 0.29) is 17.8 Å². The van der Waals surface area contributed by atoms with Gasteiger partial charge in [0.05, 0.1) is 13.0 Å². The minimum Gasteiger partial charge on any atom is -0.469 e. The van der Waals surface area contributed by atoms with Crippen molar-refractivity contribution < 1.29 is 9.53 Å². The molecule has 2 aliphatic heterocycles. The lowest BCUT2D eigenvalue weighted by Gasteiger charge is -2.47. The molecule has 2 heterocycles. The highest BCUT2D eigenvalue weighted by atomic mass is 79.9. The van der Waals surface area contributed by atoms with E-state index in [0.717, 1.165) is 35.2 Å². The first-order valence-corrected chi connectivity index (χ1v) is 7.73. The molecule has 0 aromatic heterocycles. The number of hydrogen-bond donors (Lipinski definition) is 1. The predicted molar refractivity (Wildman–Crippen MR) is 82.1 cm³/mol. The first kappa shape index (κ1) is 13.9. The lowest BCUT2D eigenvalue weighted by Crippen LogP contribution is -2.54. The van der Waals surface area contributed by atoms with E-state index in [1.54, 1.807) is 0 Å². The van der Waals surface area contributed by atoms with Gasteiger partial charge in [-0.05, 0) is 30.7 Å². The molecule has 20 heavy (non-hydrogen) atoms. The number of benzene rings is 1. The second-order valence-corrected chi connectivity index (χ2v) is 6.45. The van der Waals surface area contributed by atoms with Gasteiger partial charge in [-0.15, -0.1) is 0 Å². The summed E-state index contributed by atoms with van der Waals surface area (Å²) in [5, 5.41) is 3.41. The van der Waals surface area contributed by atoms with Crippen molar-refractivity contribution in [2.75, 3.05) is 32.1 Å². The average Bonchev–Trinajstić information content (AvgIpc) is 2.48. The molecule has 3 unspecified atom stereocenters. The third kappa shape index (κ3) is 2.13. The fourth-order valence-corrected chi connectivity index (χ4v) is 3.96. The van der Waals surface area contributed by atoms with Gasteiger partial charge in [0.15, 0.2) is 0 Å². The molecule has 1 N–H and O–H groups in total. The van der Waals surface area contributed by atoms with E-state index in [1.165, 1.54) is 7.11 Å². The molecular weight excluding hydrogens is 320 g/mol. The van der Waals surface area contributed by atoms with Crippen LogP contribution in [0.25, 0.3) is 0 Å². The number of nitrogens with one attached hydrogen (secondary N) is 1. The third-order valence-corrected chi connectivity index (χ3v) is 5.07. The number of rotatable bonds is 1. The summed E-state index contributed by atoms with van der Waals surface area (Å²) in [6.45, 7) is 1.87. The smallest absolute Gasteiger partial charge is 0.313 e. The Morgan fingerprint density at radius 1 is 1.50 bits per heavy atom. The van der Waals surface area contributed by atoms with Crippen molar-refractivity contribution in [3.8, 4) is 0 Å². The highest BCUT2D eigenvalue weighted by Gasteiger charge is 2.44. The number of carbonyl (C=O) groups is 1. The van der Waals surface area contributed by atoms with E-state index in [4.69, 9.17) is 4.74 Å². The summed E-state index contributed by atoms with van der Waals surface area (Å²) in [6.07, 6.45) is 1.06. The summed E-state index contributed by atoms with van der Waals surface area (Å²) in [7, 11) is 3.60. The standard InChI is InChI=1S/C15H19BrN2O2/c1-18-12-5-6-17-8-11(12)14(15(19)20-2)10-4-3-9(16)7-13(10)18/h3-4,7,11-12,14,17H,5-6,8H2,1-2H3. The van der Waals surface area contributed by atoms with Gasteiger partial charge >= 0.3 is 5.97 Å². The van der Waals surface area contributed by atoms with Crippen LogP contribution in [0.5, 0.6) is 0 Å². The fraction of sp³-hybridized carbons (Fsp3) is 0.533. The van der Waals surface area contributed by atoms with Crippen LogP contribution >= 0.6 is 15.9 Å². The van der Waals surface area contributed by atoms with Crippen LogP contribution in [-0.2, 0) is 9.53 Å². The van der Waals surface area contributed by atoms with Gasteiger partial charge in [-0.3, -0.25) is 4.79 Å². The number of carbonyl (C=O) groups excluding carboxylic acids is 1. The third-order valence-electron chi connectivity index (χ3n) is 4.58. The highest BCUT2D eigenvalue weighted by Crippen LogP contribution is 2.44. The maximum atomic E-state index is 12.3. The second kappa shape index (κ2) is 5.37. The number of ether oxygens (including phenoxy) is 1. The number of piperidine rings is 1. The molecule has 3 rings (SSSR count). The number of fused-ring (bicyclic) bond motifs is 2. The number of anilines is 1. The van der Waals surface area contributed by atoms with E-state index in [0.29, 0.717) is 6.04 Å². The van der Waals surface area contributed by atoms with Crippen LogP contribution in [0.2, 0.25) is 0 Å². The molecule has 0 amide bonds. The molecule has 4 nitrogen and oxygen atoms in total. The van der Waals surface area contributed by atoms with Gasteiger partial charge in [-0.1, -0.05) is 22.0 Å². The van der Waals surface area contributed by atoms with Crippen molar-refractivity contribution in [3.05, 3.63) is 28.2 Å². The monoisotopic (exact) mass is 338 g/mol. The van der Waals surface area contributed by atoms with Crippen LogP contribution in [0.3, 0.4) is 0 Å². The number of nitrogens with zero attached hydrogens (tertiary/aromatic N) is 1. The van der Waals surface area contributed by atoms with Gasteiger partial charge in [0.2, 0.25) is 0 Å². The van der Waals surface area contributed by atoms with Gasteiger partial charge in [-0.2, -0.15) is 0 Å². The summed E-state index contributed by atoms with van der Waals surface area (Å²) in [6, 6.07) is 6.53. The Bertz CT molecular complexity index is 535. The topological polar surface area (TPSA) is 41.6 Å². The van der Waals surface area contributed by atoms with Crippen LogP contribution in [0.4, 0.5) is 5.69 Å². The zero-order valence-electron chi connectivity index (χ0n) is 11.7. The van der Waals surface area contributed by atoms with Crippen LogP contribution in [0.15, 0.2) is 22.7 Å². The quantitative estimate of drug-likeness (QED) is 0.796. The minimum atomic E-state index is -0.169. The Hall–Kier alpha value is -1.07. The highest BCUT2D eigenvalue weighted by molar-refractivity contribution is 9.10. The van der Waals surface area contributed by atoms with E-state index in [2.05, 4.69) is 39.3 Å². The van der Waals surface area contributed by atoms with Gasteiger partial charge in [0, 0.05) is 35.7 Å². The number of esters is 1. The first-order chi connectivity index (χ1) is 9.63.